The van der Waals surface area contributed by atoms with Crippen LogP contribution in [0.2, 0.25) is 0 Å². The molecule has 4 rings (SSSR count). The molecule has 1 aromatic heterocycles. The number of ether oxygens (including phenoxy) is 1. The minimum absolute atomic E-state index is 0.0984. The summed E-state index contributed by atoms with van der Waals surface area (Å²) >= 11 is 0. The fourth-order valence-corrected chi connectivity index (χ4v) is 3.35. The van der Waals surface area contributed by atoms with Gasteiger partial charge in [0.2, 0.25) is 0 Å². The maximum Gasteiger partial charge on any atom is 0.408 e. The molecule has 0 spiro atoms. The van der Waals surface area contributed by atoms with Crippen LogP contribution in [0, 0.1) is 0 Å². The zero-order valence-corrected chi connectivity index (χ0v) is 16.7. The van der Waals surface area contributed by atoms with E-state index in [1.54, 1.807) is 12.1 Å². The molecule has 0 saturated heterocycles. The second-order valence-corrected chi connectivity index (χ2v) is 7.13. The number of benzene rings is 3. The minimum atomic E-state index is -1.13. The van der Waals surface area contributed by atoms with E-state index in [1.165, 1.54) is 0 Å². The van der Waals surface area contributed by atoms with Crippen molar-refractivity contribution in [1.29, 1.82) is 0 Å². The third kappa shape index (κ3) is 5.11. The summed E-state index contributed by atoms with van der Waals surface area (Å²) < 4.78 is 10.9. The summed E-state index contributed by atoms with van der Waals surface area (Å²) in [6, 6.07) is 25.7. The van der Waals surface area contributed by atoms with Crippen molar-refractivity contribution in [2.24, 2.45) is 0 Å². The molecule has 4 aromatic rings. The summed E-state index contributed by atoms with van der Waals surface area (Å²) in [5.74, 6) is -0.650. The van der Waals surface area contributed by atoms with E-state index in [-0.39, 0.29) is 13.0 Å². The van der Waals surface area contributed by atoms with E-state index in [1.807, 2.05) is 72.8 Å². The lowest BCUT2D eigenvalue weighted by atomic mass is 10.0. The Morgan fingerprint density at radius 2 is 1.61 bits per heavy atom. The fraction of sp³-hybridized carbons (Fsp3) is 0.120. The van der Waals surface area contributed by atoms with Gasteiger partial charge in [-0.05, 0) is 34.9 Å². The van der Waals surface area contributed by atoms with Crippen LogP contribution in [0.4, 0.5) is 4.79 Å². The summed E-state index contributed by atoms with van der Waals surface area (Å²) in [6.45, 7) is -0.0984. The van der Waals surface area contributed by atoms with Gasteiger partial charge in [-0.3, -0.25) is 0 Å². The van der Waals surface area contributed by atoms with Crippen LogP contribution in [0.25, 0.3) is 22.1 Å². The molecule has 3 aromatic carbocycles. The predicted molar refractivity (Wildman–Crippen MR) is 117 cm³/mol. The van der Waals surface area contributed by atoms with Gasteiger partial charge in [0.05, 0.1) is 0 Å². The Balaban J connectivity index is 1.38. The van der Waals surface area contributed by atoms with Crippen molar-refractivity contribution in [3.8, 4) is 11.1 Å². The number of alkyl carbamates (subject to hydrolysis) is 1. The molecular weight excluding hydrogens is 394 g/mol. The number of furan rings is 1. The molecule has 1 atom stereocenters. The van der Waals surface area contributed by atoms with Crippen LogP contribution in [0.15, 0.2) is 89.3 Å². The molecule has 2 N–H and O–H groups in total. The van der Waals surface area contributed by atoms with E-state index in [2.05, 4.69) is 5.32 Å². The molecular formula is C25H21NO5. The molecule has 0 aliphatic rings. The number of fused-ring (bicyclic) bond motifs is 1. The van der Waals surface area contributed by atoms with E-state index in [9.17, 15) is 14.7 Å². The van der Waals surface area contributed by atoms with Gasteiger partial charge in [0.15, 0.2) is 6.61 Å². The minimum Gasteiger partial charge on any atom is -0.480 e. The molecule has 0 aliphatic heterocycles. The first-order valence-corrected chi connectivity index (χ1v) is 9.86. The average Bonchev–Trinajstić information content (AvgIpc) is 3.21. The number of carboxylic acids is 1. The molecule has 1 amide bonds. The summed E-state index contributed by atoms with van der Waals surface area (Å²) in [4.78, 5) is 23.6. The number of hydrogen-bond donors (Lipinski definition) is 2. The third-order valence-corrected chi connectivity index (χ3v) is 4.89. The van der Waals surface area contributed by atoms with Crippen molar-refractivity contribution in [3.63, 3.8) is 0 Å². The highest BCUT2D eigenvalue weighted by atomic mass is 16.6. The summed E-state index contributed by atoms with van der Waals surface area (Å²) in [5.41, 5.74) is 3.65. The molecule has 0 saturated carbocycles. The van der Waals surface area contributed by atoms with Crippen LogP contribution in [0.1, 0.15) is 11.3 Å². The molecule has 0 radical (unpaired) electrons. The van der Waals surface area contributed by atoms with Crippen LogP contribution in [-0.2, 0) is 22.6 Å². The van der Waals surface area contributed by atoms with Crippen LogP contribution in [0.5, 0.6) is 0 Å². The number of carbonyl (C=O) groups excluding carboxylic acids is 1. The second-order valence-electron chi connectivity index (χ2n) is 7.13. The van der Waals surface area contributed by atoms with E-state index < -0.39 is 18.1 Å². The largest absolute Gasteiger partial charge is 0.480 e. The highest BCUT2D eigenvalue weighted by molar-refractivity contribution is 5.84. The van der Waals surface area contributed by atoms with Crippen molar-refractivity contribution in [3.05, 3.63) is 96.3 Å². The Morgan fingerprint density at radius 3 is 2.32 bits per heavy atom. The molecule has 156 valence electrons. The lowest BCUT2D eigenvalue weighted by Gasteiger charge is -2.14. The normalized spacial score (nSPS) is 11.7. The molecule has 1 unspecified atom stereocenters. The van der Waals surface area contributed by atoms with Gasteiger partial charge < -0.3 is 19.6 Å². The molecule has 6 nitrogen and oxygen atoms in total. The maximum absolute atomic E-state index is 12.1. The number of nitrogens with one attached hydrogen (secondary N) is 1. The number of carboxylic acid groups (broad SMARTS) is 1. The number of rotatable bonds is 7. The third-order valence-electron chi connectivity index (χ3n) is 4.89. The van der Waals surface area contributed by atoms with Gasteiger partial charge in [0.25, 0.3) is 0 Å². The average molecular weight is 415 g/mol. The van der Waals surface area contributed by atoms with Gasteiger partial charge in [-0.1, -0.05) is 66.7 Å². The molecule has 0 aliphatic carbocycles. The summed E-state index contributed by atoms with van der Waals surface area (Å²) in [7, 11) is 0. The predicted octanol–water partition coefficient (Wildman–Crippen LogP) is 5.02. The van der Waals surface area contributed by atoms with Crippen LogP contribution < -0.4 is 5.32 Å². The van der Waals surface area contributed by atoms with Crippen molar-refractivity contribution >= 4 is 23.0 Å². The first-order valence-electron chi connectivity index (χ1n) is 9.86. The maximum atomic E-state index is 12.1. The van der Waals surface area contributed by atoms with Crippen LogP contribution >= 0.6 is 0 Å². The van der Waals surface area contributed by atoms with Crippen molar-refractivity contribution < 1.29 is 23.8 Å². The second kappa shape index (κ2) is 9.17. The van der Waals surface area contributed by atoms with Gasteiger partial charge in [-0.2, -0.15) is 0 Å². The number of aliphatic carboxylic acids is 1. The molecule has 0 bridgehead atoms. The SMILES string of the molecule is O=C(NC(Cc1ccccc1)C(=O)O)OCc1cc2cc(-c3ccccc3)ccc2o1. The zero-order valence-electron chi connectivity index (χ0n) is 16.7. The van der Waals surface area contributed by atoms with E-state index in [4.69, 9.17) is 9.15 Å². The molecule has 6 heteroatoms. The standard InChI is InChI=1S/C25H21NO5/c27-24(28)22(13-17-7-3-1-4-8-17)26-25(29)30-16-21-15-20-14-19(11-12-23(20)31-21)18-9-5-2-6-10-18/h1-12,14-15,22H,13,16H2,(H,26,29)(H,27,28). The Bertz CT molecular complexity index is 1180. The van der Waals surface area contributed by atoms with Crippen LogP contribution in [0.3, 0.4) is 0 Å². The molecule has 31 heavy (non-hydrogen) atoms. The summed E-state index contributed by atoms with van der Waals surface area (Å²) in [5, 5.41) is 12.7. The van der Waals surface area contributed by atoms with Gasteiger partial charge in [0, 0.05) is 11.8 Å². The Morgan fingerprint density at radius 1 is 0.903 bits per heavy atom. The number of amides is 1. The topological polar surface area (TPSA) is 88.8 Å². The number of carbonyl (C=O) groups is 2. The van der Waals surface area contributed by atoms with E-state index in [0.29, 0.717) is 11.3 Å². The van der Waals surface area contributed by atoms with E-state index >= 15 is 0 Å². The highest BCUT2D eigenvalue weighted by Crippen LogP contribution is 2.27. The van der Waals surface area contributed by atoms with Gasteiger partial charge in [-0.25, -0.2) is 9.59 Å². The first-order chi connectivity index (χ1) is 15.1. The van der Waals surface area contributed by atoms with Crippen molar-refractivity contribution in [2.75, 3.05) is 0 Å². The summed E-state index contributed by atoms with van der Waals surface area (Å²) in [6.07, 6.45) is -0.646. The Hall–Kier alpha value is -4.06. The zero-order chi connectivity index (χ0) is 21.6. The highest BCUT2D eigenvalue weighted by Gasteiger charge is 2.21. The first kappa shape index (κ1) is 20.2. The molecule has 0 fully saturated rings. The lowest BCUT2D eigenvalue weighted by molar-refractivity contribution is -0.139. The van der Waals surface area contributed by atoms with Crippen LogP contribution in [-0.4, -0.2) is 23.2 Å². The molecule has 1 heterocycles. The Kier molecular flexibility index (Phi) is 5.98. The monoisotopic (exact) mass is 415 g/mol. The van der Waals surface area contributed by atoms with Crippen molar-refractivity contribution in [2.45, 2.75) is 19.1 Å². The van der Waals surface area contributed by atoms with Gasteiger partial charge >= 0.3 is 12.1 Å². The van der Waals surface area contributed by atoms with Gasteiger partial charge in [-0.15, -0.1) is 0 Å². The van der Waals surface area contributed by atoms with E-state index in [0.717, 1.165) is 22.1 Å². The number of hydrogen-bond acceptors (Lipinski definition) is 4. The fourth-order valence-electron chi connectivity index (χ4n) is 3.35. The Labute approximate surface area is 179 Å². The van der Waals surface area contributed by atoms with Gasteiger partial charge in [0.1, 0.15) is 17.4 Å². The smallest absolute Gasteiger partial charge is 0.408 e. The lowest BCUT2D eigenvalue weighted by Crippen LogP contribution is -2.42. The van der Waals surface area contributed by atoms with Crippen molar-refractivity contribution in [1.82, 2.24) is 5.32 Å². The quantitative estimate of drug-likeness (QED) is 0.442.